The molecule has 0 aliphatic heterocycles. The molecule has 1 aromatic rings. The first-order valence-corrected chi connectivity index (χ1v) is 6.80. The molecule has 1 rings (SSSR count). The molecule has 0 heterocycles. The summed E-state index contributed by atoms with van der Waals surface area (Å²) in [6.07, 6.45) is 0. The van der Waals surface area contributed by atoms with Crippen LogP contribution in [0, 0.1) is 6.92 Å². The molecule has 110 valence electrons. The van der Waals surface area contributed by atoms with E-state index >= 15 is 0 Å². The molecule has 5 heteroatoms. The van der Waals surface area contributed by atoms with Crippen LogP contribution in [0.4, 0.5) is 5.69 Å². The van der Waals surface area contributed by atoms with E-state index in [9.17, 15) is 9.59 Å². The summed E-state index contributed by atoms with van der Waals surface area (Å²) in [5.74, 6) is -0.234. The normalized spacial score (nSPS) is 10.2. The highest BCUT2D eigenvalue weighted by Gasteiger charge is 2.19. The van der Waals surface area contributed by atoms with Crippen molar-refractivity contribution in [2.24, 2.45) is 0 Å². The molecule has 0 unspecified atom stereocenters. The SMILES string of the molecule is CCN(CC)C(=O)CN(C)C(=O)c1cccc(N)c1C. The molecule has 0 spiro atoms. The maximum Gasteiger partial charge on any atom is 0.254 e. The zero-order chi connectivity index (χ0) is 15.3. The second kappa shape index (κ2) is 6.93. The number of hydrogen-bond acceptors (Lipinski definition) is 3. The summed E-state index contributed by atoms with van der Waals surface area (Å²) in [7, 11) is 1.63. The van der Waals surface area contributed by atoms with Crippen LogP contribution in [0.15, 0.2) is 18.2 Å². The largest absolute Gasteiger partial charge is 0.398 e. The lowest BCUT2D eigenvalue weighted by Crippen LogP contribution is -2.41. The molecule has 5 nitrogen and oxygen atoms in total. The van der Waals surface area contributed by atoms with E-state index in [2.05, 4.69) is 0 Å². The van der Waals surface area contributed by atoms with Crippen molar-refractivity contribution in [2.45, 2.75) is 20.8 Å². The van der Waals surface area contributed by atoms with Crippen molar-refractivity contribution >= 4 is 17.5 Å². The standard InChI is InChI=1S/C15H23N3O2/c1-5-18(6-2)14(19)10-17(4)15(20)12-8-7-9-13(16)11(12)3/h7-9H,5-6,10,16H2,1-4H3. The van der Waals surface area contributed by atoms with Crippen LogP contribution in [0.25, 0.3) is 0 Å². The zero-order valence-electron chi connectivity index (χ0n) is 12.6. The summed E-state index contributed by atoms with van der Waals surface area (Å²) < 4.78 is 0. The number of hydrogen-bond donors (Lipinski definition) is 1. The van der Waals surface area contributed by atoms with Gasteiger partial charge in [0.2, 0.25) is 5.91 Å². The Morgan fingerprint density at radius 3 is 2.35 bits per heavy atom. The molecule has 0 saturated carbocycles. The van der Waals surface area contributed by atoms with Gasteiger partial charge in [0.25, 0.3) is 5.91 Å². The predicted octanol–water partition coefficient (Wildman–Crippen LogP) is 1.52. The van der Waals surface area contributed by atoms with Crippen LogP contribution in [-0.4, -0.2) is 48.3 Å². The first-order valence-electron chi connectivity index (χ1n) is 6.80. The van der Waals surface area contributed by atoms with Crippen LogP contribution in [0.2, 0.25) is 0 Å². The quantitative estimate of drug-likeness (QED) is 0.830. The van der Waals surface area contributed by atoms with Gasteiger partial charge in [-0.1, -0.05) is 6.07 Å². The van der Waals surface area contributed by atoms with Crippen molar-refractivity contribution < 1.29 is 9.59 Å². The minimum absolute atomic E-state index is 0.0487. The number of anilines is 1. The lowest BCUT2D eigenvalue weighted by atomic mass is 10.1. The van der Waals surface area contributed by atoms with E-state index in [0.29, 0.717) is 24.3 Å². The highest BCUT2D eigenvalue weighted by Crippen LogP contribution is 2.17. The first kappa shape index (κ1) is 16.0. The third-order valence-corrected chi connectivity index (χ3v) is 3.44. The summed E-state index contributed by atoms with van der Waals surface area (Å²) in [5.41, 5.74) is 7.68. The van der Waals surface area contributed by atoms with Crippen molar-refractivity contribution in [3.8, 4) is 0 Å². The minimum Gasteiger partial charge on any atom is -0.398 e. The maximum atomic E-state index is 12.4. The second-order valence-electron chi connectivity index (χ2n) is 4.75. The lowest BCUT2D eigenvalue weighted by Gasteiger charge is -2.23. The van der Waals surface area contributed by atoms with Crippen molar-refractivity contribution in [2.75, 3.05) is 32.4 Å². The van der Waals surface area contributed by atoms with Crippen molar-refractivity contribution in [1.82, 2.24) is 9.80 Å². The van der Waals surface area contributed by atoms with E-state index in [1.165, 1.54) is 4.90 Å². The van der Waals surface area contributed by atoms with Gasteiger partial charge in [-0.3, -0.25) is 9.59 Å². The number of nitrogen functional groups attached to an aromatic ring is 1. The molecule has 1 aromatic carbocycles. The molecule has 20 heavy (non-hydrogen) atoms. The number of likely N-dealkylation sites (N-methyl/N-ethyl adjacent to an activating group) is 2. The van der Waals surface area contributed by atoms with Crippen LogP contribution in [0.1, 0.15) is 29.8 Å². The zero-order valence-corrected chi connectivity index (χ0v) is 12.6. The lowest BCUT2D eigenvalue weighted by molar-refractivity contribution is -0.131. The topological polar surface area (TPSA) is 66.6 Å². The molecule has 2 amide bonds. The molecule has 0 fully saturated rings. The van der Waals surface area contributed by atoms with Crippen LogP contribution in [-0.2, 0) is 4.79 Å². The molecule has 0 aliphatic carbocycles. The molecular weight excluding hydrogens is 254 g/mol. The number of benzene rings is 1. The van der Waals surface area contributed by atoms with Crippen molar-refractivity contribution in [1.29, 1.82) is 0 Å². The Morgan fingerprint density at radius 1 is 1.20 bits per heavy atom. The van der Waals surface area contributed by atoms with Crippen LogP contribution >= 0.6 is 0 Å². The van der Waals surface area contributed by atoms with Crippen molar-refractivity contribution in [3.05, 3.63) is 29.3 Å². The summed E-state index contributed by atoms with van der Waals surface area (Å²) in [4.78, 5) is 27.5. The van der Waals surface area contributed by atoms with Gasteiger partial charge in [0.05, 0.1) is 6.54 Å². The molecule has 0 saturated heterocycles. The summed E-state index contributed by atoms with van der Waals surface area (Å²) in [6.45, 7) is 7.03. The van der Waals surface area contributed by atoms with Gasteiger partial charge >= 0.3 is 0 Å². The number of nitrogens with two attached hydrogens (primary N) is 1. The number of nitrogens with zero attached hydrogens (tertiary/aromatic N) is 2. The number of rotatable bonds is 5. The van der Waals surface area contributed by atoms with Gasteiger partial charge in [-0.05, 0) is 38.5 Å². The molecule has 0 atom stereocenters. The van der Waals surface area contributed by atoms with E-state index < -0.39 is 0 Å². The van der Waals surface area contributed by atoms with Gasteiger partial charge in [0, 0.05) is 31.4 Å². The Kier molecular flexibility index (Phi) is 5.55. The monoisotopic (exact) mass is 277 g/mol. The molecular formula is C15H23N3O2. The van der Waals surface area contributed by atoms with Gasteiger partial charge in [-0.15, -0.1) is 0 Å². The second-order valence-corrected chi connectivity index (χ2v) is 4.75. The van der Waals surface area contributed by atoms with Gasteiger partial charge in [0.15, 0.2) is 0 Å². The fraction of sp³-hybridized carbons (Fsp3) is 0.467. The summed E-state index contributed by atoms with van der Waals surface area (Å²) >= 11 is 0. The van der Waals surface area contributed by atoms with E-state index in [1.807, 2.05) is 20.8 Å². The summed E-state index contributed by atoms with van der Waals surface area (Å²) in [5, 5.41) is 0. The van der Waals surface area contributed by atoms with Gasteiger partial charge in [-0.25, -0.2) is 0 Å². The van der Waals surface area contributed by atoms with Gasteiger partial charge in [0.1, 0.15) is 0 Å². The number of carbonyl (C=O) groups is 2. The minimum atomic E-state index is -0.185. The highest BCUT2D eigenvalue weighted by atomic mass is 16.2. The molecule has 0 radical (unpaired) electrons. The summed E-state index contributed by atoms with van der Waals surface area (Å²) in [6, 6.07) is 5.23. The first-order chi connectivity index (χ1) is 9.42. The fourth-order valence-electron chi connectivity index (χ4n) is 2.04. The Labute approximate surface area is 120 Å². The van der Waals surface area contributed by atoms with Crippen molar-refractivity contribution in [3.63, 3.8) is 0 Å². The van der Waals surface area contributed by atoms with E-state index in [1.54, 1.807) is 30.1 Å². The smallest absolute Gasteiger partial charge is 0.254 e. The van der Waals surface area contributed by atoms with Gasteiger partial charge in [-0.2, -0.15) is 0 Å². The van der Waals surface area contributed by atoms with Crippen LogP contribution in [0.3, 0.4) is 0 Å². The highest BCUT2D eigenvalue weighted by molar-refractivity contribution is 5.98. The Hall–Kier alpha value is -2.04. The van der Waals surface area contributed by atoms with E-state index in [-0.39, 0.29) is 18.4 Å². The molecule has 0 bridgehead atoms. The average Bonchev–Trinajstić information content (AvgIpc) is 2.42. The Morgan fingerprint density at radius 2 is 1.80 bits per heavy atom. The van der Waals surface area contributed by atoms with Crippen LogP contribution in [0.5, 0.6) is 0 Å². The number of amides is 2. The maximum absolute atomic E-state index is 12.4. The molecule has 0 aliphatic rings. The number of carbonyl (C=O) groups excluding carboxylic acids is 2. The third kappa shape index (κ3) is 3.50. The van der Waals surface area contributed by atoms with Gasteiger partial charge < -0.3 is 15.5 Å². The van der Waals surface area contributed by atoms with Crippen LogP contribution < -0.4 is 5.73 Å². The third-order valence-electron chi connectivity index (χ3n) is 3.44. The molecule has 2 N–H and O–H groups in total. The Balaban J connectivity index is 2.82. The Bertz CT molecular complexity index is 496. The van der Waals surface area contributed by atoms with E-state index in [0.717, 1.165) is 5.56 Å². The van der Waals surface area contributed by atoms with E-state index in [4.69, 9.17) is 5.73 Å². The average molecular weight is 277 g/mol. The predicted molar refractivity (Wildman–Crippen MR) is 80.5 cm³/mol. The fourth-order valence-corrected chi connectivity index (χ4v) is 2.04. The molecule has 0 aromatic heterocycles.